The summed E-state index contributed by atoms with van der Waals surface area (Å²) in [5.41, 5.74) is 1.40. The fourth-order valence-electron chi connectivity index (χ4n) is 2.49. The number of rotatable bonds is 4. The molecule has 0 saturated carbocycles. The fourth-order valence-corrected chi connectivity index (χ4v) is 2.70. The van der Waals surface area contributed by atoms with Gasteiger partial charge in [0.1, 0.15) is 5.82 Å². The third kappa shape index (κ3) is 4.16. The van der Waals surface area contributed by atoms with E-state index in [-0.39, 0.29) is 10.8 Å². The highest BCUT2D eigenvalue weighted by atomic mass is 35.5. The molecule has 0 radical (unpaired) electrons. The van der Waals surface area contributed by atoms with Gasteiger partial charge in [-0.15, -0.1) is 0 Å². The summed E-state index contributed by atoms with van der Waals surface area (Å²) in [5.74, 6) is -0.354. The maximum absolute atomic E-state index is 13.1. The first-order chi connectivity index (χ1) is 8.98. The van der Waals surface area contributed by atoms with Crippen LogP contribution in [0.5, 0.6) is 0 Å². The molecular weight excluding hydrogens is 263 g/mol. The molecule has 1 N–H and O–H groups in total. The zero-order valence-electron chi connectivity index (χ0n) is 11.7. The van der Waals surface area contributed by atoms with Crippen LogP contribution in [0.3, 0.4) is 0 Å². The topological polar surface area (TPSA) is 15.3 Å². The summed E-state index contributed by atoms with van der Waals surface area (Å²) in [6.07, 6.45) is 2.45. The fraction of sp³-hybridized carbons (Fsp3) is 0.600. The summed E-state index contributed by atoms with van der Waals surface area (Å²) < 4.78 is 13.1. The van der Waals surface area contributed by atoms with Gasteiger partial charge in [-0.1, -0.05) is 24.6 Å². The first-order valence-corrected chi connectivity index (χ1v) is 7.19. The van der Waals surface area contributed by atoms with Crippen LogP contribution in [0.2, 0.25) is 5.02 Å². The maximum atomic E-state index is 13.1. The molecule has 0 bridgehead atoms. The maximum Gasteiger partial charge on any atom is 0.141 e. The minimum atomic E-state index is -0.354. The van der Waals surface area contributed by atoms with E-state index in [9.17, 15) is 4.39 Å². The molecular formula is C15H22ClFN2. The quantitative estimate of drug-likeness (QED) is 0.913. The van der Waals surface area contributed by atoms with E-state index in [2.05, 4.69) is 24.2 Å². The van der Waals surface area contributed by atoms with Crippen molar-refractivity contribution in [3.8, 4) is 0 Å². The first-order valence-electron chi connectivity index (χ1n) is 6.82. The highest BCUT2D eigenvalue weighted by Gasteiger charge is 2.28. The van der Waals surface area contributed by atoms with Crippen LogP contribution in [0.4, 0.5) is 4.39 Å². The van der Waals surface area contributed by atoms with Crippen molar-refractivity contribution in [1.82, 2.24) is 10.2 Å². The number of likely N-dealkylation sites (tertiary alicyclic amines) is 1. The first kappa shape index (κ1) is 14.8. The predicted molar refractivity (Wildman–Crippen MR) is 78.0 cm³/mol. The van der Waals surface area contributed by atoms with Gasteiger partial charge in [0, 0.05) is 13.1 Å². The Labute approximate surface area is 119 Å². The van der Waals surface area contributed by atoms with Crippen molar-refractivity contribution >= 4 is 11.6 Å². The zero-order valence-corrected chi connectivity index (χ0v) is 12.4. The molecule has 1 aromatic carbocycles. The Bertz CT molecular complexity index is 428. The summed E-state index contributed by atoms with van der Waals surface area (Å²) in [4.78, 5) is 2.38. The van der Waals surface area contributed by atoms with Crippen LogP contribution in [0.15, 0.2) is 18.2 Å². The summed E-state index contributed by atoms with van der Waals surface area (Å²) in [5, 5.41) is 3.67. The number of piperidine rings is 1. The van der Waals surface area contributed by atoms with Crippen molar-refractivity contribution in [2.24, 2.45) is 5.41 Å². The molecule has 19 heavy (non-hydrogen) atoms. The number of halogens is 2. The average molecular weight is 285 g/mol. The third-order valence-corrected chi connectivity index (χ3v) is 4.35. The lowest BCUT2D eigenvalue weighted by Gasteiger charge is -2.38. The highest BCUT2D eigenvalue weighted by Crippen LogP contribution is 2.29. The molecule has 0 spiro atoms. The molecule has 1 aliphatic heterocycles. The van der Waals surface area contributed by atoms with E-state index in [0.29, 0.717) is 5.41 Å². The van der Waals surface area contributed by atoms with Crippen molar-refractivity contribution in [2.45, 2.75) is 26.3 Å². The van der Waals surface area contributed by atoms with E-state index >= 15 is 0 Å². The van der Waals surface area contributed by atoms with Crippen molar-refractivity contribution in [3.63, 3.8) is 0 Å². The molecule has 0 amide bonds. The van der Waals surface area contributed by atoms with E-state index < -0.39 is 0 Å². The van der Waals surface area contributed by atoms with Crippen molar-refractivity contribution in [2.75, 3.05) is 26.7 Å². The molecule has 106 valence electrons. The Hall–Kier alpha value is -0.640. The molecule has 1 aromatic rings. The Morgan fingerprint density at radius 2 is 2.05 bits per heavy atom. The van der Waals surface area contributed by atoms with Crippen LogP contribution >= 0.6 is 11.6 Å². The second-order valence-electron chi connectivity index (χ2n) is 5.97. The third-order valence-electron chi connectivity index (χ3n) is 4.06. The Balaban J connectivity index is 1.81. The molecule has 0 aliphatic carbocycles. The summed E-state index contributed by atoms with van der Waals surface area (Å²) in [6, 6.07) is 4.91. The van der Waals surface area contributed by atoms with Crippen LogP contribution in [0.1, 0.15) is 25.3 Å². The van der Waals surface area contributed by atoms with E-state index in [1.54, 1.807) is 12.1 Å². The van der Waals surface area contributed by atoms with E-state index in [0.717, 1.165) is 18.7 Å². The largest absolute Gasteiger partial charge is 0.312 e. The normalized spacial score (nSPS) is 19.6. The molecule has 2 rings (SSSR count). The predicted octanol–water partition coefficient (Wildman–Crippen LogP) is 3.30. The lowest BCUT2D eigenvalue weighted by Crippen LogP contribution is -2.41. The van der Waals surface area contributed by atoms with Gasteiger partial charge in [-0.3, -0.25) is 0 Å². The van der Waals surface area contributed by atoms with Gasteiger partial charge in [0.25, 0.3) is 0 Å². The van der Waals surface area contributed by atoms with E-state index in [1.807, 2.05) is 0 Å². The van der Waals surface area contributed by atoms with Gasteiger partial charge in [0.15, 0.2) is 0 Å². The van der Waals surface area contributed by atoms with Gasteiger partial charge in [0.2, 0.25) is 0 Å². The van der Waals surface area contributed by atoms with Gasteiger partial charge < -0.3 is 10.2 Å². The SMILES string of the molecule is CN1CCC(C)(CNCc2ccc(F)c(Cl)c2)CC1. The molecule has 2 nitrogen and oxygen atoms in total. The Morgan fingerprint density at radius 1 is 1.37 bits per heavy atom. The van der Waals surface area contributed by atoms with Gasteiger partial charge in [0.05, 0.1) is 5.02 Å². The van der Waals surface area contributed by atoms with Crippen LogP contribution in [-0.4, -0.2) is 31.6 Å². The lowest BCUT2D eigenvalue weighted by atomic mass is 9.80. The van der Waals surface area contributed by atoms with Gasteiger partial charge in [-0.2, -0.15) is 0 Å². The van der Waals surface area contributed by atoms with Crippen LogP contribution in [-0.2, 0) is 6.54 Å². The number of hydrogen-bond donors (Lipinski definition) is 1. The molecule has 1 heterocycles. The minimum absolute atomic E-state index is 0.199. The van der Waals surface area contributed by atoms with Crippen molar-refractivity contribution in [1.29, 1.82) is 0 Å². The Morgan fingerprint density at radius 3 is 2.68 bits per heavy atom. The smallest absolute Gasteiger partial charge is 0.141 e. The van der Waals surface area contributed by atoms with Crippen LogP contribution in [0, 0.1) is 11.2 Å². The molecule has 4 heteroatoms. The average Bonchev–Trinajstić information content (AvgIpc) is 2.38. The molecule has 0 aromatic heterocycles. The number of nitrogens with zero attached hydrogens (tertiary/aromatic N) is 1. The number of benzene rings is 1. The highest BCUT2D eigenvalue weighted by molar-refractivity contribution is 6.30. The zero-order chi connectivity index (χ0) is 13.9. The standard InChI is InChI=1S/C15H22ClFN2/c1-15(5-7-19(2)8-6-15)11-18-10-12-3-4-14(17)13(16)9-12/h3-4,9,18H,5-8,10-11H2,1-2H3. The van der Waals surface area contributed by atoms with E-state index in [1.165, 1.54) is 32.0 Å². The number of nitrogens with one attached hydrogen (secondary N) is 1. The van der Waals surface area contributed by atoms with Gasteiger partial charge >= 0.3 is 0 Å². The monoisotopic (exact) mass is 284 g/mol. The van der Waals surface area contributed by atoms with Crippen LogP contribution in [0.25, 0.3) is 0 Å². The molecule has 1 aliphatic rings. The Kier molecular flexibility index (Phi) is 4.82. The van der Waals surface area contributed by atoms with Crippen LogP contribution < -0.4 is 5.32 Å². The summed E-state index contributed by atoms with van der Waals surface area (Å²) >= 11 is 5.78. The van der Waals surface area contributed by atoms with Crippen molar-refractivity contribution < 1.29 is 4.39 Å². The second-order valence-corrected chi connectivity index (χ2v) is 6.37. The molecule has 0 unspecified atom stereocenters. The lowest BCUT2D eigenvalue weighted by molar-refractivity contribution is 0.137. The van der Waals surface area contributed by atoms with E-state index in [4.69, 9.17) is 11.6 Å². The molecule has 0 atom stereocenters. The minimum Gasteiger partial charge on any atom is -0.312 e. The van der Waals surface area contributed by atoms with Gasteiger partial charge in [-0.05, 0) is 56.1 Å². The summed E-state index contributed by atoms with van der Waals surface area (Å²) in [7, 11) is 2.17. The molecule has 1 fully saturated rings. The summed E-state index contributed by atoms with van der Waals surface area (Å²) in [6.45, 7) is 6.41. The van der Waals surface area contributed by atoms with Crippen molar-refractivity contribution in [3.05, 3.63) is 34.6 Å². The second kappa shape index (κ2) is 6.21. The van der Waals surface area contributed by atoms with Gasteiger partial charge in [-0.25, -0.2) is 4.39 Å². The number of hydrogen-bond acceptors (Lipinski definition) is 2. The molecule has 1 saturated heterocycles.